The minimum Gasteiger partial charge on any atom is -0.489 e. The normalized spacial score (nSPS) is 17.9. The zero-order chi connectivity index (χ0) is 13.0. The number of halogens is 2. The summed E-state index contributed by atoms with van der Waals surface area (Å²) in [5.41, 5.74) is 5.53. The molecule has 1 saturated heterocycles. The smallest absolute Gasteiger partial charge is 0.138 e. The number of ether oxygens (including phenoxy) is 1. The SMILES string of the molecule is NCCN1CCC(Oc2ccc(F)cc2Cl)CC1. The molecule has 5 heteroatoms. The molecule has 1 aromatic rings. The van der Waals surface area contributed by atoms with Crippen LogP contribution in [0.3, 0.4) is 0 Å². The van der Waals surface area contributed by atoms with Crippen LogP contribution in [-0.4, -0.2) is 37.2 Å². The maximum atomic E-state index is 12.9. The van der Waals surface area contributed by atoms with E-state index in [4.69, 9.17) is 22.1 Å². The lowest BCUT2D eigenvalue weighted by Crippen LogP contribution is -2.40. The fraction of sp³-hybridized carbons (Fsp3) is 0.538. The van der Waals surface area contributed by atoms with Gasteiger partial charge in [0.2, 0.25) is 0 Å². The van der Waals surface area contributed by atoms with E-state index in [1.165, 1.54) is 12.1 Å². The van der Waals surface area contributed by atoms with Gasteiger partial charge in [-0.05, 0) is 31.0 Å². The highest BCUT2D eigenvalue weighted by Gasteiger charge is 2.20. The van der Waals surface area contributed by atoms with Crippen LogP contribution >= 0.6 is 11.6 Å². The molecule has 18 heavy (non-hydrogen) atoms. The first kappa shape index (κ1) is 13.6. The zero-order valence-corrected chi connectivity index (χ0v) is 11.0. The molecular weight excluding hydrogens is 255 g/mol. The molecule has 0 amide bonds. The van der Waals surface area contributed by atoms with Crippen molar-refractivity contribution in [3.8, 4) is 5.75 Å². The lowest BCUT2D eigenvalue weighted by molar-refractivity contribution is 0.102. The summed E-state index contributed by atoms with van der Waals surface area (Å²) < 4.78 is 18.7. The lowest BCUT2D eigenvalue weighted by Gasteiger charge is -2.31. The van der Waals surface area contributed by atoms with Crippen LogP contribution in [0, 0.1) is 5.82 Å². The molecule has 3 nitrogen and oxygen atoms in total. The Morgan fingerprint density at radius 1 is 1.39 bits per heavy atom. The molecule has 0 spiro atoms. The molecule has 1 heterocycles. The number of hydrogen-bond acceptors (Lipinski definition) is 3. The fourth-order valence-corrected chi connectivity index (χ4v) is 2.40. The quantitative estimate of drug-likeness (QED) is 0.914. The molecule has 0 aromatic heterocycles. The zero-order valence-electron chi connectivity index (χ0n) is 10.2. The van der Waals surface area contributed by atoms with E-state index in [1.54, 1.807) is 6.07 Å². The minimum absolute atomic E-state index is 0.155. The number of rotatable bonds is 4. The summed E-state index contributed by atoms with van der Waals surface area (Å²) in [6, 6.07) is 4.23. The number of piperidine rings is 1. The second-order valence-corrected chi connectivity index (χ2v) is 4.93. The molecule has 0 atom stereocenters. The maximum absolute atomic E-state index is 12.9. The highest BCUT2D eigenvalue weighted by molar-refractivity contribution is 6.32. The molecular formula is C13H18ClFN2O. The van der Waals surface area contributed by atoms with Crippen LogP contribution < -0.4 is 10.5 Å². The molecule has 1 aliphatic rings. The first-order chi connectivity index (χ1) is 8.69. The topological polar surface area (TPSA) is 38.5 Å². The summed E-state index contributed by atoms with van der Waals surface area (Å²) >= 11 is 5.94. The summed E-state index contributed by atoms with van der Waals surface area (Å²) in [5, 5.41) is 0.333. The van der Waals surface area contributed by atoms with E-state index in [-0.39, 0.29) is 11.9 Å². The molecule has 0 saturated carbocycles. The predicted molar refractivity (Wildman–Crippen MR) is 70.6 cm³/mol. The molecule has 0 bridgehead atoms. The van der Waals surface area contributed by atoms with Crippen LogP contribution in [-0.2, 0) is 0 Å². The summed E-state index contributed by atoms with van der Waals surface area (Å²) in [6.07, 6.45) is 2.06. The second-order valence-electron chi connectivity index (χ2n) is 4.52. The van der Waals surface area contributed by atoms with Crippen molar-refractivity contribution in [2.24, 2.45) is 5.73 Å². The van der Waals surface area contributed by atoms with Crippen molar-refractivity contribution < 1.29 is 9.13 Å². The molecule has 1 fully saturated rings. The van der Waals surface area contributed by atoms with Gasteiger partial charge in [-0.2, -0.15) is 0 Å². The van der Waals surface area contributed by atoms with Gasteiger partial charge in [-0.15, -0.1) is 0 Å². The lowest BCUT2D eigenvalue weighted by atomic mass is 10.1. The van der Waals surface area contributed by atoms with Gasteiger partial charge in [0.1, 0.15) is 17.7 Å². The monoisotopic (exact) mass is 272 g/mol. The number of hydrogen-bond donors (Lipinski definition) is 1. The number of likely N-dealkylation sites (tertiary alicyclic amines) is 1. The van der Waals surface area contributed by atoms with Gasteiger partial charge in [-0.25, -0.2) is 4.39 Å². The third-order valence-corrected chi connectivity index (χ3v) is 3.46. The van der Waals surface area contributed by atoms with Gasteiger partial charge in [-0.3, -0.25) is 0 Å². The molecule has 0 unspecified atom stereocenters. The summed E-state index contributed by atoms with van der Waals surface area (Å²) in [5.74, 6) is 0.223. The maximum Gasteiger partial charge on any atom is 0.138 e. The Kier molecular flexibility index (Phi) is 4.80. The van der Waals surface area contributed by atoms with Gasteiger partial charge >= 0.3 is 0 Å². The summed E-state index contributed by atoms with van der Waals surface area (Å²) in [7, 11) is 0. The Morgan fingerprint density at radius 3 is 2.72 bits per heavy atom. The van der Waals surface area contributed by atoms with Crippen molar-refractivity contribution in [2.75, 3.05) is 26.2 Å². The standard InChI is InChI=1S/C13H18ClFN2O/c14-12-9-10(15)1-2-13(12)18-11-3-6-17(7-4-11)8-5-16/h1-2,9,11H,3-8,16H2. The van der Waals surface area contributed by atoms with Gasteiger partial charge in [0.05, 0.1) is 5.02 Å². The van der Waals surface area contributed by atoms with Crippen molar-refractivity contribution in [1.29, 1.82) is 0 Å². The van der Waals surface area contributed by atoms with Gasteiger partial charge in [0.15, 0.2) is 0 Å². The van der Waals surface area contributed by atoms with Crippen LogP contribution in [0.1, 0.15) is 12.8 Å². The van der Waals surface area contributed by atoms with E-state index >= 15 is 0 Å². The Labute approximate surface area is 112 Å². The highest BCUT2D eigenvalue weighted by Crippen LogP contribution is 2.27. The van der Waals surface area contributed by atoms with Gasteiger partial charge < -0.3 is 15.4 Å². The van der Waals surface area contributed by atoms with Crippen molar-refractivity contribution >= 4 is 11.6 Å². The molecule has 2 rings (SSSR count). The highest BCUT2D eigenvalue weighted by atomic mass is 35.5. The average molecular weight is 273 g/mol. The summed E-state index contributed by atoms with van der Waals surface area (Å²) in [4.78, 5) is 2.33. The Morgan fingerprint density at radius 2 is 2.11 bits per heavy atom. The van der Waals surface area contributed by atoms with Crippen molar-refractivity contribution in [2.45, 2.75) is 18.9 Å². The average Bonchev–Trinajstić information content (AvgIpc) is 2.35. The first-order valence-corrected chi connectivity index (χ1v) is 6.61. The van der Waals surface area contributed by atoms with E-state index in [0.717, 1.165) is 32.5 Å². The minimum atomic E-state index is -0.342. The molecule has 100 valence electrons. The van der Waals surface area contributed by atoms with E-state index < -0.39 is 0 Å². The predicted octanol–water partition coefficient (Wildman–Crippen LogP) is 2.28. The number of nitrogens with two attached hydrogens (primary N) is 1. The van der Waals surface area contributed by atoms with Gasteiger partial charge in [-0.1, -0.05) is 11.6 Å². The first-order valence-electron chi connectivity index (χ1n) is 6.23. The third kappa shape index (κ3) is 3.57. The Balaban J connectivity index is 1.87. The largest absolute Gasteiger partial charge is 0.489 e. The van der Waals surface area contributed by atoms with Crippen molar-refractivity contribution in [1.82, 2.24) is 4.90 Å². The summed E-state index contributed by atoms with van der Waals surface area (Å²) in [6.45, 7) is 3.60. The number of benzene rings is 1. The number of nitrogens with zero attached hydrogens (tertiary/aromatic N) is 1. The second kappa shape index (κ2) is 6.36. The Bertz CT molecular complexity index is 395. The molecule has 2 N–H and O–H groups in total. The van der Waals surface area contributed by atoms with Crippen molar-refractivity contribution in [3.05, 3.63) is 29.0 Å². The van der Waals surface area contributed by atoms with Crippen LogP contribution in [0.5, 0.6) is 5.75 Å². The molecule has 1 aromatic carbocycles. The van der Waals surface area contributed by atoms with Crippen LogP contribution in [0.2, 0.25) is 5.02 Å². The van der Waals surface area contributed by atoms with Crippen LogP contribution in [0.25, 0.3) is 0 Å². The van der Waals surface area contributed by atoms with E-state index in [9.17, 15) is 4.39 Å². The molecule has 0 aliphatic carbocycles. The van der Waals surface area contributed by atoms with Gasteiger partial charge in [0.25, 0.3) is 0 Å². The molecule has 1 aliphatic heterocycles. The van der Waals surface area contributed by atoms with Crippen molar-refractivity contribution in [3.63, 3.8) is 0 Å². The van der Waals surface area contributed by atoms with E-state index in [2.05, 4.69) is 4.90 Å². The molecule has 0 radical (unpaired) electrons. The van der Waals surface area contributed by atoms with Gasteiger partial charge in [0, 0.05) is 26.2 Å². The fourth-order valence-electron chi connectivity index (χ4n) is 2.18. The Hall–Kier alpha value is -0.840. The third-order valence-electron chi connectivity index (χ3n) is 3.17. The van der Waals surface area contributed by atoms with Crippen LogP contribution in [0.15, 0.2) is 18.2 Å². The van der Waals surface area contributed by atoms with E-state index in [0.29, 0.717) is 17.3 Å². The van der Waals surface area contributed by atoms with E-state index in [1.807, 2.05) is 0 Å². The van der Waals surface area contributed by atoms with Crippen LogP contribution in [0.4, 0.5) is 4.39 Å².